The number of benzene rings is 2. The lowest BCUT2D eigenvalue weighted by atomic mass is 10.2. The second-order valence-corrected chi connectivity index (χ2v) is 8.80. The molecule has 1 aromatic heterocycles. The van der Waals surface area contributed by atoms with Crippen molar-refractivity contribution in [2.75, 3.05) is 32.1 Å². The number of thiazole rings is 1. The minimum atomic E-state index is -0.178. The highest BCUT2D eigenvalue weighted by Crippen LogP contribution is 2.25. The Morgan fingerprint density at radius 1 is 1.12 bits per heavy atom. The highest BCUT2D eigenvalue weighted by molar-refractivity contribution is 7.14. The number of carbonyl (C=O) groups is 2. The van der Waals surface area contributed by atoms with Crippen LogP contribution in [0.1, 0.15) is 35.3 Å². The fourth-order valence-corrected chi connectivity index (χ4v) is 4.53. The number of methoxy groups -OCH3 is 1. The Morgan fingerprint density at radius 2 is 1.91 bits per heavy atom. The van der Waals surface area contributed by atoms with E-state index in [1.54, 1.807) is 17.4 Å². The van der Waals surface area contributed by atoms with Gasteiger partial charge in [0.2, 0.25) is 5.91 Å². The van der Waals surface area contributed by atoms with E-state index in [1.807, 2.05) is 59.5 Å². The van der Waals surface area contributed by atoms with E-state index in [9.17, 15) is 9.59 Å². The topological polar surface area (TPSA) is 74.8 Å². The number of likely N-dealkylation sites (tertiary alicyclic amines) is 1. The Balaban J connectivity index is 1.46. The molecule has 172 valence electrons. The van der Waals surface area contributed by atoms with Gasteiger partial charge in [-0.15, -0.1) is 11.3 Å². The fourth-order valence-electron chi connectivity index (χ4n) is 3.83. The molecule has 1 fully saturated rings. The van der Waals surface area contributed by atoms with E-state index in [-0.39, 0.29) is 11.8 Å². The Morgan fingerprint density at radius 3 is 2.67 bits per heavy atom. The van der Waals surface area contributed by atoms with Crippen LogP contribution < -0.4 is 10.1 Å². The van der Waals surface area contributed by atoms with Gasteiger partial charge in [0, 0.05) is 49.7 Å². The van der Waals surface area contributed by atoms with Crippen LogP contribution in [0.5, 0.6) is 5.75 Å². The lowest BCUT2D eigenvalue weighted by Crippen LogP contribution is -2.36. The maximum absolute atomic E-state index is 13.3. The molecule has 2 amide bonds. The summed E-state index contributed by atoms with van der Waals surface area (Å²) in [5.74, 6) is 0.671. The molecular weight excluding hydrogens is 436 g/mol. The van der Waals surface area contributed by atoms with Crippen LogP contribution in [0.3, 0.4) is 0 Å². The van der Waals surface area contributed by atoms with Gasteiger partial charge >= 0.3 is 0 Å². The van der Waals surface area contributed by atoms with Crippen LogP contribution in [-0.4, -0.2) is 53.3 Å². The largest absolute Gasteiger partial charge is 0.497 e. The molecule has 7 nitrogen and oxygen atoms in total. The van der Waals surface area contributed by atoms with Crippen molar-refractivity contribution < 1.29 is 14.3 Å². The molecule has 0 atom stereocenters. The Hall–Kier alpha value is -3.39. The third-order valence-electron chi connectivity index (χ3n) is 5.60. The van der Waals surface area contributed by atoms with Crippen LogP contribution in [0.4, 0.5) is 10.8 Å². The van der Waals surface area contributed by atoms with Gasteiger partial charge in [-0.2, -0.15) is 0 Å². The number of hydrogen-bond donors (Lipinski definition) is 1. The van der Waals surface area contributed by atoms with Gasteiger partial charge in [-0.05, 0) is 30.5 Å². The van der Waals surface area contributed by atoms with E-state index in [4.69, 9.17) is 4.74 Å². The van der Waals surface area contributed by atoms with Gasteiger partial charge < -0.3 is 19.9 Å². The van der Waals surface area contributed by atoms with E-state index in [0.29, 0.717) is 30.3 Å². The minimum Gasteiger partial charge on any atom is -0.497 e. The van der Waals surface area contributed by atoms with Gasteiger partial charge in [0.25, 0.3) is 5.91 Å². The zero-order chi connectivity index (χ0) is 23.0. The number of amides is 2. The number of anilines is 2. The number of nitrogens with one attached hydrogen (secondary N) is 1. The van der Waals surface area contributed by atoms with E-state index >= 15 is 0 Å². The van der Waals surface area contributed by atoms with Gasteiger partial charge in [0.1, 0.15) is 11.4 Å². The summed E-state index contributed by atoms with van der Waals surface area (Å²) in [6, 6.07) is 17.4. The van der Waals surface area contributed by atoms with Crippen molar-refractivity contribution >= 4 is 34.0 Å². The summed E-state index contributed by atoms with van der Waals surface area (Å²) in [7, 11) is 1.62. The number of ether oxygens (including phenoxy) is 1. The molecule has 2 heterocycles. The van der Waals surface area contributed by atoms with Crippen LogP contribution in [0.2, 0.25) is 0 Å². The predicted molar refractivity (Wildman–Crippen MR) is 130 cm³/mol. The summed E-state index contributed by atoms with van der Waals surface area (Å²) < 4.78 is 5.26. The maximum Gasteiger partial charge on any atom is 0.273 e. The molecule has 2 aromatic carbocycles. The standard InChI is InChI=1S/C25H28N4O3S/c1-32-21-11-7-10-20(16-21)26-25-27-22(18-33-25)24(31)29(17-19-8-3-2-4-9-19)15-12-23(30)28-13-5-6-14-28/h2-4,7-11,16,18H,5-6,12-15,17H2,1H3,(H,26,27). The number of hydrogen-bond acceptors (Lipinski definition) is 6. The quantitative estimate of drug-likeness (QED) is 0.503. The highest BCUT2D eigenvalue weighted by Gasteiger charge is 2.23. The molecule has 0 unspecified atom stereocenters. The van der Waals surface area contributed by atoms with E-state index in [0.717, 1.165) is 42.9 Å². The third kappa shape index (κ3) is 6.10. The van der Waals surface area contributed by atoms with Crippen molar-refractivity contribution in [1.29, 1.82) is 0 Å². The molecule has 1 saturated heterocycles. The third-order valence-corrected chi connectivity index (χ3v) is 6.36. The first-order chi connectivity index (χ1) is 16.1. The summed E-state index contributed by atoms with van der Waals surface area (Å²) in [5.41, 5.74) is 2.22. The van der Waals surface area contributed by atoms with Crippen LogP contribution >= 0.6 is 11.3 Å². The van der Waals surface area contributed by atoms with E-state index in [1.165, 1.54) is 11.3 Å². The molecule has 1 N–H and O–H groups in total. The first-order valence-corrected chi connectivity index (χ1v) is 12.0. The number of nitrogens with zero attached hydrogens (tertiary/aromatic N) is 3. The van der Waals surface area contributed by atoms with Crippen molar-refractivity contribution in [2.24, 2.45) is 0 Å². The first-order valence-electron chi connectivity index (χ1n) is 11.1. The number of rotatable bonds is 9. The summed E-state index contributed by atoms with van der Waals surface area (Å²) in [5, 5.41) is 5.61. The Kier molecular flexibility index (Phi) is 7.57. The van der Waals surface area contributed by atoms with Crippen LogP contribution in [0, 0.1) is 0 Å². The van der Waals surface area contributed by atoms with E-state index in [2.05, 4.69) is 10.3 Å². The SMILES string of the molecule is COc1cccc(Nc2nc(C(=O)N(CCC(=O)N3CCCC3)Cc3ccccc3)cs2)c1. The number of carbonyl (C=O) groups excluding carboxylic acids is 2. The van der Waals surface area contributed by atoms with Crippen molar-refractivity contribution in [3.05, 3.63) is 71.2 Å². The fraction of sp³-hybridized carbons (Fsp3) is 0.320. The second kappa shape index (κ2) is 11.0. The summed E-state index contributed by atoms with van der Waals surface area (Å²) in [6.45, 7) is 2.43. The van der Waals surface area contributed by atoms with Crippen molar-refractivity contribution in [3.63, 3.8) is 0 Å². The lowest BCUT2D eigenvalue weighted by molar-refractivity contribution is -0.130. The first kappa shape index (κ1) is 22.8. The van der Waals surface area contributed by atoms with Gasteiger partial charge in [0.15, 0.2) is 5.13 Å². The second-order valence-electron chi connectivity index (χ2n) is 7.95. The number of aromatic nitrogens is 1. The molecule has 3 aromatic rings. The van der Waals surface area contributed by atoms with Gasteiger partial charge in [-0.1, -0.05) is 36.4 Å². The molecule has 0 bridgehead atoms. The molecule has 0 spiro atoms. The normalized spacial score (nSPS) is 13.1. The maximum atomic E-state index is 13.3. The monoisotopic (exact) mass is 464 g/mol. The molecular formula is C25H28N4O3S. The molecule has 1 aliphatic rings. The van der Waals surface area contributed by atoms with Gasteiger partial charge in [0.05, 0.1) is 7.11 Å². The molecule has 33 heavy (non-hydrogen) atoms. The molecule has 1 aliphatic heterocycles. The zero-order valence-electron chi connectivity index (χ0n) is 18.7. The van der Waals surface area contributed by atoms with Crippen LogP contribution in [-0.2, 0) is 11.3 Å². The molecule has 8 heteroatoms. The summed E-state index contributed by atoms with van der Waals surface area (Å²) in [6.07, 6.45) is 2.43. The smallest absolute Gasteiger partial charge is 0.273 e. The molecule has 4 rings (SSSR count). The molecule has 0 saturated carbocycles. The van der Waals surface area contributed by atoms with Crippen molar-refractivity contribution in [1.82, 2.24) is 14.8 Å². The zero-order valence-corrected chi connectivity index (χ0v) is 19.5. The van der Waals surface area contributed by atoms with Crippen LogP contribution in [0.25, 0.3) is 0 Å². The molecule has 0 aliphatic carbocycles. The average Bonchev–Trinajstić information content (AvgIpc) is 3.55. The highest BCUT2D eigenvalue weighted by atomic mass is 32.1. The summed E-state index contributed by atoms with van der Waals surface area (Å²) in [4.78, 5) is 34.0. The van der Waals surface area contributed by atoms with Crippen molar-refractivity contribution in [3.8, 4) is 5.75 Å². The van der Waals surface area contributed by atoms with Gasteiger partial charge in [-0.25, -0.2) is 4.98 Å². The average molecular weight is 465 g/mol. The lowest BCUT2D eigenvalue weighted by Gasteiger charge is -2.23. The summed E-state index contributed by atoms with van der Waals surface area (Å²) >= 11 is 1.37. The van der Waals surface area contributed by atoms with Crippen molar-refractivity contribution in [2.45, 2.75) is 25.8 Å². The predicted octanol–water partition coefficient (Wildman–Crippen LogP) is 4.55. The van der Waals surface area contributed by atoms with E-state index < -0.39 is 0 Å². The van der Waals surface area contributed by atoms with Crippen LogP contribution in [0.15, 0.2) is 60.0 Å². The Labute approximate surface area is 198 Å². The minimum absolute atomic E-state index is 0.108. The Bertz CT molecular complexity index is 1080. The van der Waals surface area contributed by atoms with Gasteiger partial charge in [-0.3, -0.25) is 9.59 Å². The molecule has 0 radical (unpaired) electrons.